The van der Waals surface area contributed by atoms with Crippen molar-refractivity contribution >= 4 is 23.8 Å². The lowest BCUT2D eigenvalue weighted by atomic mass is 9.93. The Bertz CT molecular complexity index is 1090. The van der Waals surface area contributed by atoms with E-state index >= 15 is 0 Å². The van der Waals surface area contributed by atoms with Crippen LogP contribution in [0.1, 0.15) is 66.0 Å². The molecule has 1 atom stereocenters. The number of hydrogen-bond donors (Lipinski definition) is 2. The number of fused-ring (bicyclic) bond motifs is 1. The van der Waals surface area contributed by atoms with Crippen molar-refractivity contribution < 1.29 is 23.9 Å². The molecule has 11 nitrogen and oxygen atoms in total. The van der Waals surface area contributed by atoms with Crippen LogP contribution in [0.3, 0.4) is 0 Å². The van der Waals surface area contributed by atoms with Gasteiger partial charge in [-0.05, 0) is 65.2 Å². The van der Waals surface area contributed by atoms with Gasteiger partial charge in [0.15, 0.2) is 0 Å². The number of aromatic nitrogens is 3. The van der Waals surface area contributed by atoms with Gasteiger partial charge in [0.2, 0.25) is 5.91 Å². The minimum Gasteiger partial charge on any atom is -0.447 e. The first-order valence-electron chi connectivity index (χ1n) is 12.2. The predicted molar refractivity (Wildman–Crippen MR) is 134 cm³/mol. The predicted octanol–water partition coefficient (Wildman–Crippen LogP) is 3.79. The fraction of sp³-hybridized carbons (Fsp3) is 0.560. The van der Waals surface area contributed by atoms with Gasteiger partial charge in [-0.25, -0.2) is 9.59 Å². The molecule has 1 aliphatic rings. The molecular weight excluding hydrogens is 464 g/mol. The van der Waals surface area contributed by atoms with Crippen LogP contribution in [0.2, 0.25) is 0 Å². The first kappa shape index (κ1) is 27.0. The maximum Gasteiger partial charge on any atom is 0.407 e. The minimum atomic E-state index is -0.537. The Morgan fingerprint density at radius 3 is 2.61 bits per heavy atom. The highest BCUT2D eigenvalue weighted by atomic mass is 16.6. The molecule has 11 heteroatoms. The lowest BCUT2D eigenvalue weighted by Gasteiger charge is -2.34. The highest BCUT2D eigenvalue weighted by Crippen LogP contribution is 2.36. The molecule has 0 spiro atoms. The van der Waals surface area contributed by atoms with Crippen LogP contribution >= 0.6 is 0 Å². The molecule has 0 radical (unpaired) electrons. The summed E-state index contributed by atoms with van der Waals surface area (Å²) in [6, 6.07) is 5.40. The molecule has 2 heterocycles. The van der Waals surface area contributed by atoms with E-state index in [1.54, 1.807) is 23.4 Å². The third kappa shape index (κ3) is 7.43. The van der Waals surface area contributed by atoms with E-state index in [9.17, 15) is 14.4 Å². The summed E-state index contributed by atoms with van der Waals surface area (Å²) in [5.41, 5.74) is 2.53. The van der Waals surface area contributed by atoms with E-state index in [4.69, 9.17) is 9.47 Å². The molecule has 0 bridgehead atoms. The third-order valence-corrected chi connectivity index (χ3v) is 5.42. The van der Waals surface area contributed by atoms with Gasteiger partial charge in [0, 0.05) is 37.8 Å². The SMILES string of the molecule is CC(=O)N1CCC(NC(=O)OC(C)C)c2cc(-c3cn(CCCNC(=O)OC(C)(C)C)nn3)ccc21. The molecule has 0 aliphatic carbocycles. The van der Waals surface area contributed by atoms with Crippen molar-refractivity contribution in [3.8, 4) is 11.3 Å². The van der Waals surface area contributed by atoms with Gasteiger partial charge in [-0.15, -0.1) is 5.10 Å². The molecule has 36 heavy (non-hydrogen) atoms. The summed E-state index contributed by atoms with van der Waals surface area (Å²) in [5.74, 6) is -0.0573. The second-order valence-corrected chi connectivity index (χ2v) is 10.0. The van der Waals surface area contributed by atoms with Crippen molar-refractivity contribution in [2.24, 2.45) is 0 Å². The number of aryl methyl sites for hydroxylation is 1. The van der Waals surface area contributed by atoms with Crippen LogP contribution in [0.5, 0.6) is 0 Å². The number of hydrogen-bond acceptors (Lipinski definition) is 7. The second kappa shape index (κ2) is 11.4. The van der Waals surface area contributed by atoms with E-state index in [1.165, 1.54) is 6.92 Å². The lowest BCUT2D eigenvalue weighted by Crippen LogP contribution is -2.40. The number of carbonyl (C=O) groups is 3. The molecule has 3 amide bonds. The molecule has 2 N–H and O–H groups in total. The molecule has 0 fully saturated rings. The van der Waals surface area contributed by atoms with Crippen molar-refractivity contribution in [2.45, 2.75) is 78.7 Å². The smallest absolute Gasteiger partial charge is 0.407 e. The molecule has 0 saturated heterocycles. The molecule has 1 aromatic heterocycles. The Morgan fingerprint density at radius 1 is 1.19 bits per heavy atom. The summed E-state index contributed by atoms with van der Waals surface area (Å²) in [6.45, 7) is 12.1. The Morgan fingerprint density at radius 2 is 1.94 bits per heavy atom. The second-order valence-electron chi connectivity index (χ2n) is 10.0. The third-order valence-electron chi connectivity index (χ3n) is 5.42. The number of benzene rings is 1. The molecule has 1 unspecified atom stereocenters. The van der Waals surface area contributed by atoms with Crippen LogP contribution in [-0.2, 0) is 20.8 Å². The monoisotopic (exact) mass is 500 g/mol. The Hall–Kier alpha value is -3.63. The number of alkyl carbamates (subject to hydrolysis) is 2. The Labute approximate surface area is 211 Å². The van der Waals surface area contributed by atoms with Gasteiger partial charge < -0.3 is 25.0 Å². The number of nitrogens with one attached hydrogen (secondary N) is 2. The summed E-state index contributed by atoms with van der Waals surface area (Å²) in [6.07, 6.45) is 1.88. The molecule has 196 valence electrons. The maximum absolute atomic E-state index is 12.3. The molecule has 3 rings (SSSR count). The first-order chi connectivity index (χ1) is 16.9. The van der Waals surface area contributed by atoms with Crippen molar-refractivity contribution in [1.29, 1.82) is 0 Å². The Kier molecular flexibility index (Phi) is 8.54. The highest BCUT2D eigenvalue weighted by molar-refractivity contribution is 5.93. The number of ether oxygens (including phenoxy) is 2. The number of nitrogens with zero attached hydrogens (tertiary/aromatic N) is 4. The number of rotatable bonds is 7. The van der Waals surface area contributed by atoms with Crippen LogP contribution in [0.25, 0.3) is 11.3 Å². The van der Waals surface area contributed by atoms with E-state index in [1.807, 2.05) is 45.2 Å². The summed E-state index contributed by atoms with van der Waals surface area (Å²) in [4.78, 5) is 37.9. The van der Waals surface area contributed by atoms with Crippen molar-refractivity contribution in [3.05, 3.63) is 30.0 Å². The largest absolute Gasteiger partial charge is 0.447 e. The van der Waals surface area contributed by atoms with Crippen molar-refractivity contribution in [2.75, 3.05) is 18.0 Å². The van der Waals surface area contributed by atoms with E-state index in [-0.39, 0.29) is 18.1 Å². The minimum absolute atomic E-state index is 0.0573. The normalized spacial score (nSPS) is 15.3. The first-order valence-corrected chi connectivity index (χ1v) is 12.2. The molecule has 1 aromatic carbocycles. The molecule has 1 aliphatic heterocycles. The highest BCUT2D eigenvalue weighted by Gasteiger charge is 2.29. The summed E-state index contributed by atoms with van der Waals surface area (Å²) >= 11 is 0. The molecule has 0 saturated carbocycles. The van der Waals surface area contributed by atoms with E-state index < -0.39 is 17.8 Å². The molecule has 2 aromatic rings. The number of amides is 3. The van der Waals surface area contributed by atoms with Gasteiger partial charge in [0.1, 0.15) is 11.3 Å². The quantitative estimate of drug-likeness (QED) is 0.554. The zero-order chi connectivity index (χ0) is 26.5. The van der Waals surface area contributed by atoms with Gasteiger partial charge in [-0.3, -0.25) is 9.48 Å². The summed E-state index contributed by atoms with van der Waals surface area (Å²) < 4.78 is 12.2. The van der Waals surface area contributed by atoms with E-state index in [2.05, 4.69) is 20.9 Å². The zero-order valence-electron chi connectivity index (χ0n) is 21.8. The van der Waals surface area contributed by atoms with Gasteiger partial charge in [0.05, 0.1) is 18.3 Å². The van der Waals surface area contributed by atoms with Gasteiger partial charge in [-0.2, -0.15) is 0 Å². The van der Waals surface area contributed by atoms with E-state index in [0.29, 0.717) is 38.2 Å². The number of carbonyl (C=O) groups excluding carboxylic acids is 3. The lowest BCUT2D eigenvalue weighted by molar-refractivity contribution is -0.116. The van der Waals surface area contributed by atoms with Crippen LogP contribution in [0.15, 0.2) is 24.4 Å². The average molecular weight is 501 g/mol. The van der Waals surface area contributed by atoms with Crippen LogP contribution in [0.4, 0.5) is 15.3 Å². The van der Waals surface area contributed by atoms with Gasteiger partial charge in [0.25, 0.3) is 0 Å². The molecular formula is C25H36N6O5. The van der Waals surface area contributed by atoms with Gasteiger partial charge in [-0.1, -0.05) is 11.3 Å². The van der Waals surface area contributed by atoms with Gasteiger partial charge >= 0.3 is 12.2 Å². The van der Waals surface area contributed by atoms with E-state index in [0.717, 1.165) is 16.8 Å². The number of anilines is 1. The fourth-order valence-electron chi connectivity index (χ4n) is 3.93. The maximum atomic E-state index is 12.3. The standard InChI is InChI=1S/C25H36N6O5/c1-16(2)35-24(34)27-20-10-13-31(17(3)32)22-9-8-18(14-19(20)22)21-15-30(29-28-21)12-7-11-26-23(33)36-25(4,5)6/h8-9,14-16,20H,7,10-13H2,1-6H3,(H,26,33)(H,27,34). The zero-order valence-corrected chi connectivity index (χ0v) is 21.8. The average Bonchev–Trinajstić information content (AvgIpc) is 3.23. The fourth-order valence-corrected chi connectivity index (χ4v) is 3.93. The Balaban J connectivity index is 1.69. The topological polar surface area (TPSA) is 128 Å². The van der Waals surface area contributed by atoms with Crippen LogP contribution < -0.4 is 15.5 Å². The summed E-state index contributed by atoms with van der Waals surface area (Å²) in [7, 11) is 0. The van der Waals surface area contributed by atoms with Crippen LogP contribution in [0, 0.1) is 0 Å². The van der Waals surface area contributed by atoms with Crippen molar-refractivity contribution in [3.63, 3.8) is 0 Å². The summed E-state index contributed by atoms with van der Waals surface area (Å²) in [5, 5.41) is 14.1. The van der Waals surface area contributed by atoms with Crippen LogP contribution in [-0.4, -0.2) is 57.9 Å². The van der Waals surface area contributed by atoms with Crippen molar-refractivity contribution in [1.82, 2.24) is 25.6 Å².